The van der Waals surface area contributed by atoms with Crippen molar-refractivity contribution in [1.82, 2.24) is 9.55 Å². The summed E-state index contributed by atoms with van der Waals surface area (Å²) in [7, 11) is -3.53. The van der Waals surface area contributed by atoms with Crippen molar-refractivity contribution in [2.75, 3.05) is 19.5 Å². The van der Waals surface area contributed by atoms with E-state index in [-0.39, 0.29) is 13.2 Å². The zero-order valence-corrected chi connectivity index (χ0v) is 15.4. The van der Waals surface area contributed by atoms with Gasteiger partial charge in [-0.15, -0.1) is 0 Å². The first-order valence-corrected chi connectivity index (χ1v) is 9.85. The Kier molecular flexibility index (Phi) is 5.07. The quantitative estimate of drug-likeness (QED) is 0.668. The Morgan fingerprint density at radius 1 is 1.42 bits per heavy atom. The lowest BCUT2D eigenvalue weighted by molar-refractivity contribution is -0.189. The lowest BCUT2D eigenvalue weighted by Gasteiger charge is -2.29. The van der Waals surface area contributed by atoms with Crippen molar-refractivity contribution in [1.29, 1.82) is 0 Å². The number of nitrogens with zero attached hydrogens (tertiary/aromatic N) is 2. The highest BCUT2D eigenvalue weighted by molar-refractivity contribution is 9.10. The predicted molar refractivity (Wildman–Crippen MR) is 89.7 cm³/mol. The number of rotatable bonds is 6. The third-order valence-electron chi connectivity index (χ3n) is 3.56. The van der Waals surface area contributed by atoms with Gasteiger partial charge in [0.1, 0.15) is 6.10 Å². The molecule has 7 nitrogen and oxygen atoms in total. The van der Waals surface area contributed by atoms with Crippen LogP contribution in [0, 0.1) is 0 Å². The Hall–Kier alpha value is -1.26. The van der Waals surface area contributed by atoms with Gasteiger partial charge in [0.2, 0.25) is 5.79 Å². The fourth-order valence-corrected chi connectivity index (χ4v) is 3.16. The average Bonchev–Trinajstić information content (AvgIpc) is 3.16. The Bertz CT molecular complexity index is 779. The van der Waals surface area contributed by atoms with Gasteiger partial charge >= 0.3 is 0 Å². The summed E-state index contributed by atoms with van der Waals surface area (Å²) in [6.07, 6.45) is 5.69. The first kappa shape index (κ1) is 17.6. The maximum absolute atomic E-state index is 11.2. The first-order valence-electron chi connectivity index (χ1n) is 7.24. The van der Waals surface area contributed by atoms with E-state index < -0.39 is 22.0 Å². The van der Waals surface area contributed by atoms with Crippen molar-refractivity contribution in [2.24, 2.45) is 0 Å². The minimum absolute atomic E-state index is 0.0823. The molecule has 130 valence electrons. The van der Waals surface area contributed by atoms with E-state index in [2.05, 4.69) is 20.9 Å². The van der Waals surface area contributed by atoms with Gasteiger partial charge in [-0.2, -0.15) is 8.42 Å². The van der Waals surface area contributed by atoms with Gasteiger partial charge in [0.15, 0.2) is 0 Å². The molecule has 9 heteroatoms. The van der Waals surface area contributed by atoms with Crippen LogP contribution < -0.4 is 0 Å². The SMILES string of the molecule is CS(=O)(=O)OC[C@H]1CO[C@](Cn2ccnc2)(c2ccc(Br)cc2)O1. The van der Waals surface area contributed by atoms with Gasteiger partial charge in [-0.25, -0.2) is 4.98 Å². The molecule has 1 aromatic heterocycles. The zero-order valence-electron chi connectivity index (χ0n) is 13.0. The summed E-state index contributed by atoms with van der Waals surface area (Å²) < 4.78 is 42.0. The van der Waals surface area contributed by atoms with Gasteiger partial charge in [0.05, 0.1) is 32.3 Å². The lowest BCUT2D eigenvalue weighted by Crippen LogP contribution is -2.34. The number of imidazole rings is 1. The molecule has 2 aromatic rings. The molecule has 2 atom stereocenters. The van der Waals surface area contributed by atoms with E-state index in [0.717, 1.165) is 16.3 Å². The molecule has 0 amide bonds. The summed E-state index contributed by atoms with van der Waals surface area (Å²) >= 11 is 3.41. The zero-order chi connectivity index (χ0) is 17.2. The minimum Gasteiger partial charge on any atom is -0.342 e. The van der Waals surface area contributed by atoms with Crippen LogP contribution in [0.25, 0.3) is 0 Å². The molecule has 0 saturated carbocycles. The summed E-state index contributed by atoms with van der Waals surface area (Å²) in [4.78, 5) is 4.03. The van der Waals surface area contributed by atoms with E-state index in [9.17, 15) is 8.42 Å². The van der Waals surface area contributed by atoms with Crippen molar-refractivity contribution in [3.63, 3.8) is 0 Å². The topological polar surface area (TPSA) is 79.7 Å². The monoisotopic (exact) mass is 416 g/mol. The third-order valence-corrected chi connectivity index (χ3v) is 4.65. The number of hydrogen-bond acceptors (Lipinski definition) is 6. The van der Waals surface area contributed by atoms with Crippen LogP contribution in [0.15, 0.2) is 47.5 Å². The van der Waals surface area contributed by atoms with E-state index in [4.69, 9.17) is 13.7 Å². The van der Waals surface area contributed by atoms with Crippen molar-refractivity contribution >= 4 is 26.0 Å². The van der Waals surface area contributed by atoms with Crippen molar-refractivity contribution in [3.05, 3.63) is 53.0 Å². The summed E-state index contributed by atoms with van der Waals surface area (Å²) in [6, 6.07) is 7.61. The molecule has 1 saturated heterocycles. The lowest BCUT2D eigenvalue weighted by atomic mass is 10.1. The normalized spacial score (nSPS) is 24.3. The molecule has 0 radical (unpaired) electrons. The number of benzene rings is 1. The van der Waals surface area contributed by atoms with Gasteiger partial charge in [-0.3, -0.25) is 4.18 Å². The van der Waals surface area contributed by atoms with Gasteiger partial charge in [0.25, 0.3) is 10.1 Å². The van der Waals surface area contributed by atoms with Crippen molar-refractivity contribution in [2.45, 2.75) is 18.4 Å². The number of aromatic nitrogens is 2. The number of halogens is 1. The molecule has 3 rings (SSSR count). The van der Waals surface area contributed by atoms with E-state index in [1.54, 1.807) is 12.5 Å². The van der Waals surface area contributed by atoms with Gasteiger partial charge < -0.3 is 14.0 Å². The van der Waals surface area contributed by atoms with E-state index >= 15 is 0 Å². The van der Waals surface area contributed by atoms with Gasteiger partial charge in [-0.1, -0.05) is 28.1 Å². The maximum Gasteiger partial charge on any atom is 0.264 e. The highest BCUT2D eigenvalue weighted by atomic mass is 79.9. The molecular formula is C15H17BrN2O5S. The van der Waals surface area contributed by atoms with Crippen LogP contribution in [0.5, 0.6) is 0 Å². The maximum atomic E-state index is 11.2. The highest BCUT2D eigenvalue weighted by Gasteiger charge is 2.44. The molecule has 1 aliphatic rings. The summed E-state index contributed by atoms with van der Waals surface area (Å²) in [5, 5.41) is 0. The second kappa shape index (κ2) is 6.93. The Balaban J connectivity index is 1.82. The fraction of sp³-hybridized carbons (Fsp3) is 0.400. The van der Waals surface area contributed by atoms with Gasteiger partial charge in [0, 0.05) is 22.4 Å². The van der Waals surface area contributed by atoms with E-state index in [1.165, 1.54) is 0 Å². The second-order valence-electron chi connectivity index (χ2n) is 5.53. The van der Waals surface area contributed by atoms with Gasteiger partial charge in [-0.05, 0) is 12.1 Å². The fourth-order valence-electron chi connectivity index (χ4n) is 2.50. The Morgan fingerprint density at radius 2 is 2.17 bits per heavy atom. The molecule has 0 spiro atoms. The van der Waals surface area contributed by atoms with Crippen LogP contribution in [0.1, 0.15) is 5.56 Å². The molecule has 0 aliphatic carbocycles. The van der Waals surface area contributed by atoms with Crippen LogP contribution >= 0.6 is 15.9 Å². The predicted octanol–water partition coefficient (Wildman–Crippen LogP) is 1.89. The van der Waals surface area contributed by atoms with Crippen LogP contribution in [0.2, 0.25) is 0 Å². The van der Waals surface area contributed by atoms with Crippen LogP contribution in [-0.2, 0) is 36.1 Å². The molecule has 0 unspecified atom stereocenters. The summed E-state index contributed by atoms with van der Waals surface area (Å²) in [5.74, 6) is -1.02. The molecule has 1 fully saturated rings. The molecule has 24 heavy (non-hydrogen) atoms. The number of ether oxygens (including phenoxy) is 2. The minimum atomic E-state index is -3.53. The molecule has 2 heterocycles. The van der Waals surface area contributed by atoms with Crippen LogP contribution in [0.4, 0.5) is 0 Å². The van der Waals surface area contributed by atoms with E-state index in [0.29, 0.717) is 6.54 Å². The second-order valence-corrected chi connectivity index (χ2v) is 8.09. The van der Waals surface area contributed by atoms with Crippen molar-refractivity contribution in [3.8, 4) is 0 Å². The standard InChI is InChI=1S/C15H17BrN2O5S/c1-24(19,20)22-9-14-8-21-15(23-14,10-18-7-6-17-11-18)12-2-4-13(16)5-3-12/h2-7,11,14H,8-10H2,1H3/t14-,15+/m1/s1. The summed E-state index contributed by atoms with van der Waals surface area (Å²) in [5.41, 5.74) is 0.834. The first-order chi connectivity index (χ1) is 11.4. The molecule has 0 N–H and O–H groups in total. The highest BCUT2D eigenvalue weighted by Crippen LogP contribution is 2.36. The smallest absolute Gasteiger partial charge is 0.264 e. The van der Waals surface area contributed by atoms with Crippen LogP contribution in [-0.4, -0.2) is 43.5 Å². The molecular weight excluding hydrogens is 400 g/mol. The largest absolute Gasteiger partial charge is 0.342 e. The molecule has 1 aromatic carbocycles. The third kappa shape index (κ3) is 4.22. The Labute approximate surface area is 148 Å². The average molecular weight is 417 g/mol. The van der Waals surface area contributed by atoms with E-state index in [1.807, 2.05) is 35.0 Å². The Morgan fingerprint density at radius 3 is 2.79 bits per heavy atom. The van der Waals surface area contributed by atoms with Crippen molar-refractivity contribution < 1.29 is 22.1 Å². The van der Waals surface area contributed by atoms with Crippen LogP contribution in [0.3, 0.4) is 0 Å². The number of hydrogen-bond donors (Lipinski definition) is 0. The summed E-state index contributed by atoms with van der Waals surface area (Å²) in [6.45, 7) is 0.547. The molecule has 1 aliphatic heterocycles. The molecule has 0 bridgehead atoms.